The van der Waals surface area contributed by atoms with Crippen LogP contribution >= 0.6 is 11.6 Å². The molecule has 8 heteroatoms. The average Bonchev–Trinajstić information content (AvgIpc) is 2.89. The van der Waals surface area contributed by atoms with Gasteiger partial charge in [-0.25, -0.2) is 10.2 Å². The summed E-state index contributed by atoms with van der Waals surface area (Å²) in [5.41, 5.74) is 3.38. The second kappa shape index (κ2) is 11.4. The van der Waals surface area contributed by atoms with Gasteiger partial charge >= 0.3 is 5.97 Å². The Morgan fingerprint density at radius 2 is 1.72 bits per heavy atom. The molecule has 0 radical (unpaired) electrons. The summed E-state index contributed by atoms with van der Waals surface area (Å²) in [6.07, 6.45) is 0.628. The molecule has 0 aliphatic carbocycles. The van der Waals surface area contributed by atoms with Crippen LogP contribution in [0, 0.1) is 0 Å². The molecular weight excluding hydrogens is 480 g/mol. The molecule has 0 saturated carbocycles. The van der Waals surface area contributed by atoms with Gasteiger partial charge in [-0.1, -0.05) is 48.0 Å². The van der Waals surface area contributed by atoms with Crippen LogP contribution in [0.5, 0.6) is 17.2 Å². The van der Waals surface area contributed by atoms with Crippen molar-refractivity contribution in [2.75, 3.05) is 7.11 Å². The molecule has 0 bridgehead atoms. The number of hydrazone groups is 1. The molecule has 4 aromatic rings. The number of amides is 1. The predicted octanol–water partition coefficient (Wildman–Crippen LogP) is 5.64. The normalized spacial score (nSPS) is 11.8. The first-order valence-corrected chi connectivity index (χ1v) is 11.5. The van der Waals surface area contributed by atoms with Crippen LogP contribution in [0.4, 0.5) is 0 Å². The number of benzene rings is 4. The zero-order valence-electron chi connectivity index (χ0n) is 19.6. The number of fused-ring (bicyclic) bond motifs is 1. The number of rotatable bonds is 8. The summed E-state index contributed by atoms with van der Waals surface area (Å²) in [6, 6.07) is 24.5. The Bertz CT molecular complexity index is 1420. The Hall–Kier alpha value is -4.36. The summed E-state index contributed by atoms with van der Waals surface area (Å²) in [5.74, 6) is 0.416. The van der Waals surface area contributed by atoms with E-state index in [1.165, 1.54) is 6.21 Å². The number of nitrogens with one attached hydrogen (secondary N) is 1. The summed E-state index contributed by atoms with van der Waals surface area (Å²) in [4.78, 5) is 25.3. The molecule has 0 aliphatic heterocycles. The van der Waals surface area contributed by atoms with Gasteiger partial charge in [-0.3, -0.25) is 4.79 Å². The number of carbonyl (C=O) groups excluding carboxylic acids is 2. The Kier molecular flexibility index (Phi) is 7.82. The van der Waals surface area contributed by atoms with Crippen LogP contribution in [0.25, 0.3) is 10.8 Å². The summed E-state index contributed by atoms with van der Waals surface area (Å²) >= 11 is 5.96. The predicted molar refractivity (Wildman–Crippen MR) is 139 cm³/mol. The number of methoxy groups -OCH3 is 1. The fourth-order valence-electron chi connectivity index (χ4n) is 3.43. The molecule has 0 saturated heterocycles. The van der Waals surface area contributed by atoms with Gasteiger partial charge in [0.1, 0.15) is 17.2 Å². The molecule has 1 atom stereocenters. The monoisotopic (exact) mass is 502 g/mol. The van der Waals surface area contributed by atoms with Gasteiger partial charge < -0.3 is 14.2 Å². The quantitative estimate of drug-likeness (QED) is 0.146. The topological polar surface area (TPSA) is 86.2 Å². The molecule has 0 aliphatic rings. The fourth-order valence-corrected chi connectivity index (χ4v) is 3.61. The largest absolute Gasteiger partial charge is 0.497 e. The van der Waals surface area contributed by atoms with Crippen LogP contribution in [0.3, 0.4) is 0 Å². The van der Waals surface area contributed by atoms with Crippen molar-refractivity contribution in [3.8, 4) is 17.2 Å². The van der Waals surface area contributed by atoms with E-state index in [1.807, 2.05) is 30.3 Å². The van der Waals surface area contributed by atoms with E-state index in [0.717, 1.165) is 10.8 Å². The van der Waals surface area contributed by atoms with Gasteiger partial charge in [-0.15, -0.1) is 0 Å². The van der Waals surface area contributed by atoms with Crippen LogP contribution in [0.1, 0.15) is 22.8 Å². The lowest BCUT2D eigenvalue weighted by molar-refractivity contribution is -0.127. The molecule has 4 aromatic carbocycles. The molecule has 1 N–H and O–H groups in total. The van der Waals surface area contributed by atoms with E-state index >= 15 is 0 Å². The highest BCUT2D eigenvalue weighted by Crippen LogP contribution is 2.28. The third-order valence-corrected chi connectivity index (χ3v) is 5.54. The van der Waals surface area contributed by atoms with Gasteiger partial charge in [-0.05, 0) is 66.2 Å². The van der Waals surface area contributed by atoms with Gasteiger partial charge in [0.25, 0.3) is 5.91 Å². The lowest BCUT2D eigenvalue weighted by atomic mass is 10.0. The maximum absolute atomic E-state index is 12.8. The first kappa shape index (κ1) is 24.8. The Morgan fingerprint density at radius 3 is 2.47 bits per heavy atom. The maximum Gasteiger partial charge on any atom is 0.343 e. The average molecular weight is 503 g/mol. The minimum atomic E-state index is -0.819. The van der Waals surface area contributed by atoms with Crippen molar-refractivity contribution in [3.63, 3.8) is 0 Å². The molecule has 0 unspecified atom stereocenters. The second-order valence-corrected chi connectivity index (χ2v) is 8.20. The zero-order valence-corrected chi connectivity index (χ0v) is 20.4. The van der Waals surface area contributed by atoms with Gasteiger partial charge in [-0.2, -0.15) is 5.10 Å². The van der Waals surface area contributed by atoms with Crippen LogP contribution in [0.2, 0.25) is 5.02 Å². The fraction of sp³-hybridized carbons (Fsp3) is 0.107. The molecule has 0 fully saturated rings. The molecule has 0 aromatic heterocycles. The number of hydrogen-bond donors (Lipinski definition) is 1. The van der Waals surface area contributed by atoms with Gasteiger partial charge in [0, 0.05) is 10.6 Å². The number of ether oxygens (including phenoxy) is 3. The summed E-state index contributed by atoms with van der Waals surface area (Å²) in [5, 5.41) is 6.33. The van der Waals surface area contributed by atoms with Crippen molar-refractivity contribution < 1.29 is 23.8 Å². The number of carbonyl (C=O) groups is 2. The van der Waals surface area contributed by atoms with Crippen molar-refractivity contribution in [2.24, 2.45) is 5.10 Å². The Labute approximate surface area is 213 Å². The highest BCUT2D eigenvalue weighted by atomic mass is 35.5. The molecule has 36 heavy (non-hydrogen) atoms. The smallest absolute Gasteiger partial charge is 0.343 e. The van der Waals surface area contributed by atoms with E-state index in [2.05, 4.69) is 10.5 Å². The first-order valence-electron chi connectivity index (χ1n) is 11.1. The third-order valence-electron chi connectivity index (χ3n) is 5.31. The van der Waals surface area contributed by atoms with Crippen molar-refractivity contribution in [3.05, 3.63) is 101 Å². The molecule has 0 heterocycles. The molecule has 7 nitrogen and oxygen atoms in total. The SMILES string of the molecule is COc1ccc(C(=O)Oc2ccc3ccccc3c2/C=N\NC(=O)[C@H](C)Oc2cccc(Cl)c2)cc1. The summed E-state index contributed by atoms with van der Waals surface area (Å²) < 4.78 is 16.4. The minimum Gasteiger partial charge on any atom is -0.497 e. The van der Waals surface area contributed by atoms with E-state index < -0.39 is 18.0 Å². The van der Waals surface area contributed by atoms with Crippen molar-refractivity contribution in [1.82, 2.24) is 5.43 Å². The van der Waals surface area contributed by atoms with Gasteiger partial charge in [0.2, 0.25) is 0 Å². The van der Waals surface area contributed by atoms with Gasteiger partial charge in [0.05, 0.1) is 18.9 Å². The van der Waals surface area contributed by atoms with Crippen LogP contribution in [0.15, 0.2) is 90.0 Å². The number of nitrogens with zero attached hydrogens (tertiary/aromatic N) is 1. The molecule has 0 spiro atoms. The van der Waals surface area contributed by atoms with E-state index in [9.17, 15) is 9.59 Å². The molecule has 182 valence electrons. The molecule has 1 amide bonds. The van der Waals surface area contributed by atoms with Crippen LogP contribution in [-0.4, -0.2) is 31.3 Å². The van der Waals surface area contributed by atoms with Gasteiger partial charge in [0.15, 0.2) is 6.10 Å². The first-order chi connectivity index (χ1) is 17.4. The van der Waals surface area contributed by atoms with Crippen molar-refractivity contribution >= 4 is 40.5 Å². The second-order valence-electron chi connectivity index (χ2n) is 7.77. The lowest BCUT2D eigenvalue weighted by Gasteiger charge is -2.13. The summed E-state index contributed by atoms with van der Waals surface area (Å²) in [6.45, 7) is 1.60. The Balaban J connectivity index is 1.52. The van der Waals surface area contributed by atoms with E-state index in [4.69, 9.17) is 25.8 Å². The van der Waals surface area contributed by atoms with Crippen LogP contribution < -0.4 is 19.6 Å². The Morgan fingerprint density at radius 1 is 0.944 bits per heavy atom. The molecule has 4 rings (SSSR count). The summed E-state index contributed by atoms with van der Waals surface area (Å²) in [7, 11) is 1.55. The van der Waals surface area contributed by atoms with Crippen molar-refractivity contribution in [1.29, 1.82) is 0 Å². The van der Waals surface area contributed by atoms with E-state index in [0.29, 0.717) is 33.4 Å². The number of hydrogen-bond acceptors (Lipinski definition) is 6. The highest BCUT2D eigenvalue weighted by molar-refractivity contribution is 6.30. The molecular formula is C28H23ClN2O5. The third kappa shape index (κ3) is 6.00. The van der Waals surface area contributed by atoms with E-state index in [1.54, 1.807) is 68.6 Å². The minimum absolute atomic E-state index is 0.302. The highest BCUT2D eigenvalue weighted by Gasteiger charge is 2.16. The standard InChI is InChI=1S/C28H23ClN2O5/c1-18(35-23-8-5-7-21(29)16-23)27(32)31-30-17-25-24-9-4-3-6-19(24)12-15-26(25)36-28(33)20-10-13-22(34-2)14-11-20/h3-18H,1-2H3,(H,31,32)/b30-17-/t18-/m0/s1. The lowest BCUT2D eigenvalue weighted by Crippen LogP contribution is -2.33. The number of halogens is 1. The van der Waals surface area contributed by atoms with Crippen molar-refractivity contribution in [2.45, 2.75) is 13.0 Å². The van der Waals surface area contributed by atoms with E-state index in [-0.39, 0.29) is 0 Å². The number of esters is 1. The van der Waals surface area contributed by atoms with Crippen LogP contribution in [-0.2, 0) is 4.79 Å². The zero-order chi connectivity index (χ0) is 25.5. The maximum atomic E-state index is 12.8.